The van der Waals surface area contributed by atoms with Crippen LogP contribution in [0.25, 0.3) is 0 Å². The van der Waals surface area contributed by atoms with Crippen molar-refractivity contribution >= 4 is 11.6 Å². The number of aryl methyl sites for hydroxylation is 1. The molecule has 16 heavy (non-hydrogen) atoms. The van der Waals surface area contributed by atoms with Crippen LogP contribution in [0.2, 0.25) is 0 Å². The number of nitrogens with one attached hydrogen (secondary N) is 1. The molecule has 1 amide bonds. The number of hydrogen-bond donors (Lipinski definition) is 2. The summed E-state index contributed by atoms with van der Waals surface area (Å²) in [6.45, 7) is 0. The maximum atomic E-state index is 11.6. The van der Waals surface area contributed by atoms with Gasteiger partial charge < -0.3 is 11.1 Å². The normalized spacial score (nSPS) is 15.5. The van der Waals surface area contributed by atoms with Gasteiger partial charge in [-0.05, 0) is 43.4 Å². The number of nitrogens with two attached hydrogens (primary N) is 1. The fourth-order valence-electron chi connectivity index (χ4n) is 1.86. The molecule has 86 valence electrons. The molecule has 0 aliphatic heterocycles. The van der Waals surface area contributed by atoms with Gasteiger partial charge in [0, 0.05) is 18.2 Å². The number of hydrogen-bond acceptors (Lipinski definition) is 2. The maximum absolute atomic E-state index is 11.6. The van der Waals surface area contributed by atoms with Crippen LogP contribution in [0, 0.1) is 0 Å². The average Bonchev–Trinajstić information content (AvgIpc) is 2.21. The van der Waals surface area contributed by atoms with E-state index in [0.29, 0.717) is 12.5 Å². The van der Waals surface area contributed by atoms with Gasteiger partial charge in [-0.25, -0.2) is 0 Å². The lowest BCUT2D eigenvalue weighted by Crippen LogP contribution is -2.39. The van der Waals surface area contributed by atoms with Gasteiger partial charge in [0.05, 0.1) is 0 Å². The summed E-state index contributed by atoms with van der Waals surface area (Å²) in [7, 11) is 0. The van der Waals surface area contributed by atoms with Crippen LogP contribution in [0.3, 0.4) is 0 Å². The van der Waals surface area contributed by atoms with Crippen molar-refractivity contribution in [1.82, 2.24) is 5.32 Å². The second-order valence-corrected chi connectivity index (χ2v) is 4.44. The van der Waals surface area contributed by atoms with Crippen molar-refractivity contribution in [2.24, 2.45) is 0 Å². The molecule has 3 nitrogen and oxygen atoms in total. The van der Waals surface area contributed by atoms with E-state index in [1.807, 2.05) is 24.3 Å². The zero-order chi connectivity index (χ0) is 11.4. The molecule has 0 heterocycles. The molecule has 3 heteroatoms. The van der Waals surface area contributed by atoms with Crippen molar-refractivity contribution in [3.8, 4) is 0 Å². The Balaban J connectivity index is 1.75. The van der Waals surface area contributed by atoms with Crippen LogP contribution in [-0.2, 0) is 11.2 Å². The molecule has 0 aromatic heterocycles. The lowest BCUT2D eigenvalue weighted by atomic mass is 9.93. The molecule has 0 unspecified atom stereocenters. The molecule has 0 atom stereocenters. The highest BCUT2D eigenvalue weighted by molar-refractivity contribution is 5.76. The van der Waals surface area contributed by atoms with Crippen LogP contribution >= 0.6 is 0 Å². The maximum Gasteiger partial charge on any atom is 0.220 e. The van der Waals surface area contributed by atoms with Crippen LogP contribution in [0.4, 0.5) is 5.69 Å². The van der Waals surface area contributed by atoms with E-state index < -0.39 is 0 Å². The van der Waals surface area contributed by atoms with Crippen molar-refractivity contribution in [3.63, 3.8) is 0 Å². The van der Waals surface area contributed by atoms with Crippen molar-refractivity contribution in [3.05, 3.63) is 29.8 Å². The summed E-state index contributed by atoms with van der Waals surface area (Å²) in [5.74, 6) is 0.159. The van der Waals surface area contributed by atoms with E-state index in [-0.39, 0.29) is 5.91 Å². The Kier molecular flexibility index (Phi) is 3.44. The minimum atomic E-state index is 0.159. The summed E-state index contributed by atoms with van der Waals surface area (Å²) < 4.78 is 0. The smallest absolute Gasteiger partial charge is 0.220 e. The van der Waals surface area contributed by atoms with Crippen molar-refractivity contribution < 1.29 is 4.79 Å². The molecular weight excluding hydrogens is 200 g/mol. The van der Waals surface area contributed by atoms with Crippen LogP contribution in [-0.4, -0.2) is 11.9 Å². The average molecular weight is 218 g/mol. The van der Waals surface area contributed by atoms with Gasteiger partial charge in [0.2, 0.25) is 5.91 Å². The van der Waals surface area contributed by atoms with Gasteiger partial charge in [0.15, 0.2) is 0 Å². The predicted molar refractivity (Wildman–Crippen MR) is 65.0 cm³/mol. The van der Waals surface area contributed by atoms with E-state index in [9.17, 15) is 4.79 Å². The van der Waals surface area contributed by atoms with Gasteiger partial charge in [0.1, 0.15) is 0 Å². The first-order chi connectivity index (χ1) is 7.74. The largest absolute Gasteiger partial charge is 0.399 e. The summed E-state index contributed by atoms with van der Waals surface area (Å²) in [4.78, 5) is 11.6. The minimum Gasteiger partial charge on any atom is -0.399 e. The zero-order valence-electron chi connectivity index (χ0n) is 9.41. The van der Waals surface area contributed by atoms with Gasteiger partial charge in [-0.2, -0.15) is 0 Å². The predicted octanol–water partition coefficient (Wildman–Crippen LogP) is 1.87. The fraction of sp³-hybridized carbons (Fsp3) is 0.462. The first-order valence-electron chi connectivity index (χ1n) is 5.88. The molecule has 0 spiro atoms. The molecule has 1 fully saturated rings. The summed E-state index contributed by atoms with van der Waals surface area (Å²) >= 11 is 0. The monoisotopic (exact) mass is 218 g/mol. The van der Waals surface area contributed by atoms with Gasteiger partial charge in [-0.15, -0.1) is 0 Å². The molecular formula is C13H18N2O. The van der Waals surface area contributed by atoms with Gasteiger partial charge in [-0.3, -0.25) is 4.79 Å². The van der Waals surface area contributed by atoms with E-state index in [1.165, 1.54) is 6.42 Å². The molecule has 0 radical (unpaired) electrons. The third kappa shape index (κ3) is 2.99. The number of nitrogen functional groups attached to an aromatic ring is 1. The number of anilines is 1. The molecule has 1 aromatic carbocycles. The number of amides is 1. The van der Waals surface area contributed by atoms with Crippen molar-refractivity contribution in [2.45, 2.75) is 38.1 Å². The lowest BCUT2D eigenvalue weighted by molar-refractivity contribution is -0.122. The highest BCUT2D eigenvalue weighted by Gasteiger charge is 2.18. The van der Waals surface area contributed by atoms with Gasteiger partial charge in [-0.1, -0.05) is 12.1 Å². The second-order valence-electron chi connectivity index (χ2n) is 4.44. The molecule has 3 N–H and O–H groups in total. The SMILES string of the molecule is Nc1cccc(CCC(=O)NC2CCC2)c1. The summed E-state index contributed by atoms with van der Waals surface area (Å²) in [5, 5.41) is 3.03. The van der Waals surface area contributed by atoms with E-state index in [1.54, 1.807) is 0 Å². The lowest BCUT2D eigenvalue weighted by Gasteiger charge is -2.26. The van der Waals surface area contributed by atoms with E-state index >= 15 is 0 Å². The van der Waals surface area contributed by atoms with E-state index in [4.69, 9.17) is 5.73 Å². The summed E-state index contributed by atoms with van der Waals surface area (Å²) in [6, 6.07) is 8.16. The van der Waals surface area contributed by atoms with Crippen molar-refractivity contribution in [2.75, 3.05) is 5.73 Å². The number of rotatable bonds is 4. The first-order valence-corrected chi connectivity index (χ1v) is 5.88. The van der Waals surface area contributed by atoms with E-state index in [2.05, 4.69) is 5.32 Å². The second kappa shape index (κ2) is 5.01. The van der Waals surface area contributed by atoms with Crippen molar-refractivity contribution in [1.29, 1.82) is 0 Å². The number of carbonyl (C=O) groups is 1. The zero-order valence-corrected chi connectivity index (χ0v) is 9.41. The fourth-order valence-corrected chi connectivity index (χ4v) is 1.86. The minimum absolute atomic E-state index is 0.159. The molecule has 0 saturated heterocycles. The first kappa shape index (κ1) is 11.0. The molecule has 1 aliphatic rings. The van der Waals surface area contributed by atoms with Crippen LogP contribution in [0.5, 0.6) is 0 Å². The number of carbonyl (C=O) groups excluding carboxylic acids is 1. The highest BCUT2D eigenvalue weighted by Crippen LogP contribution is 2.18. The van der Waals surface area contributed by atoms with Crippen LogP contribution in [0.15, 0.2) is 24.3 Å². The molecule has 1 aliphatic carbocycles. The Morgan fingerprint density at radius 1 is 1.44 bits per heavy atom. The standard InChI is InChI=1S/C13H18N2O/c14-11-4-1-3-10(9-11)7-8-13(16)15-12-5-2-6-12/h1,3-4,9,12H,2,5-8,14H2,(H,15,16). The Bertz CT molecular complexity index is 372. The highest BCUT2D eigenvalue weighted by atomic mass is 16.1. The third-order valence-electron chi connectivity index (χ3n) is 3.06. The Labute approximate surface area is 96.0 Å². The van der Waals surface area contributed by atoms with Crippen LogP contribution in [0.1, 0.15) is 31.2 Å². The van der Waals surface area contributed by atoms with Crippen LogP contribution < -0.4 is 11.1 Å². The molecule has 1 aromatic rings. The number of benzene rings is 1. The summed E-state index contributed by atoms with van der Waals surface area (Å²) in [6.07, 6.45) is 4.86. The molecule has 1 saturated carbocycles. The molecule has 0 bridgehead atoms. The van der Waals surface area contributed by atoms with E-state index in [0.717, 1.165) is 30.5 Å². The topological polar surface area (TPSA) is 55.1 Å². The molecule has 2 rings (SSSR count). The Morgan fingerprint density at radius 3 is 2.88 bits per heavy atom. The summed E-state index contributed by atoms with van der Waals surface area (Å²) in [5.41, 5.74) is 7.57. The Morgan fingerprint density at radius 2 is 2.25 bits per heavy atom. The quantitative estimate of drug-likeness (QED) is 0.758. The third-order valence-corrected chi connectivity index (χ3v) is 3.06. The van der Waals surface area contributed by atoms with Gasteiger partial charge in [0.25, 0.3) is 0 Å². The van der Waals surface area contributed by atoms with Gasteiger partial charge >= 0.3 is 0 Å². The Hall–Kier alpha value is -1.51.